The smallest absolute Gasteiger partial charge is 0.244 e. The lowest BCUT2D eigenvalue weighted by Gasteiger charge is -2.32. The third kappa shape index (κ3) is 10.8. The maximum absolute atomic E-state index is 12.9. The van der Waals surface area contributed by atoms with Crippen LogP contribution in [-0.4, -0.2) is 39.7 Å². The Kier molecular flexibility index (Phi) is 10.5. The maximum Gasteiger partial charge on any atom is 0.244 e. The third-order valence-electron chi connectivity index (χ3n) is 5.43. The summed E-state index contributed by atoms with van der Waals surface area (Å²) < 4.78 is 0. The van der Waals surface area contributed by atoms with Crippen LogP contribution in [0.15, 0.2) is 24.3 Å². The normalized spacial score (nSPS) is 17.5. The van der Waals surface area contributed by atoms with E-state index in [0.717, 1.165) is 19.3 Å². The largest absolute Gasteiger partial charge is 0.391 e. The van der Waals surface area contributed by atoms with Crippen molar-refractivity contribution in [2.45, 2.75) is 85.3 Å². The molecule has 8 nitrogen and oxygen atoms in total. The van der Waals surface area contributed by atoms with Crippen molar-refractivity contribution in [3.8, 4) is 0 Å². The molecule has 1 aliphatic carbocycles. The Morgan fingerprint density at radius 2 is 1.64 bits per heavy atom. The SMILES string of the molecule is CC(C)(C)C(NC(=O)C(CC(=O)NO)CC1CCc2ccccc2C1)C(N)=O.CC(C)(C)O. The molecule has 186 valence electrons. The first-order valence-corrected chi connectivity index (χ1v) is 11.4. The molecule has 1 aromatic carbocycles. The van der Waals surface area contributed by atoms with Gasteiger partial charge in [-0.2, -0.15) is 0 Å². The van der Waals surface area contributed by atoms with Gasteiger partial charge in [0, 0.05) is 12.3 Å². The summed E-state index contributed by atoms with van der Waals surface area (Å²) >= 11 is 0. The molecule has 0 saturated heterocycles. The molecule has 0 fully saturated rings. The fraction of sp³-hybridized carbons (Fsp3) is 0.640. The van der Waals surface area contributed by atoms with E-state index in [1.807, 2.05) is 32.9 Å². The van der Waals surface area contributed by atoms with E-state index in [4.69, 9.17) is 16.0 Å². The number of aryl methyl sites for hydroxylation is 1. The van der Waals surface area contributed by atoms with Crippen LogP contribution in [0.2, 0.25) is 0 Å². The first-order chi connectivity index (χ1) is 15.1. The molecule has 0 radical (unpaired) electrons. The summed E-state index contributed by atoms with van der Waals surface area (Å²) in [6, 6.07) is 7.41. The van der Waals surface area contributed by atoms with E-state index in [1.54, 1.807) is 26.3 Å². The Hall–Kier alpha value is -2.45. The van der Waals surface area contributed by atoms with Gasteiger partial charge in [0.05, 0.1) is 5.60 Å². The highest BCUT2D eigenvalue weighted by Gasteiger charge is 2.34. The van der Waals surface area contributed by atoms with Gasteiger partial charge in [-0.15, -0.1) is 0 Å². The number of carbonyl (C=O) groups is 3. The zero-order chi connectivity index (χ0) is 25.4. The molecule has 0 aliphatic heterocycles. The van der Waals surface area contributed by atoms with E-state index in [1.165, 1.54) is 11.1 Å². The molecule has 3 atom stereocenters. The summed E-state index contributed by atoms with van der Waals surface area (Å²) in [5.74, 6) is -2.02. The second-order valence-electron chi connectivity index (χ2n) is 10.9. The van der Waals surface area contributed by atoms with E-state index >= 15 is 0 Å². The standard InChI is InChI=1S/C21H31N3O4.C4H10O/c1-21(2,3)18(19(22)26)23-20(27)16(12-17(25)24-28)11-13-8-9-14-6-4-5-7-15(14)10-13;1-4(2,3)5/h4-7,13,16,18,28H,8-12H2,1-3H3,(H2,22,26)(H,23,27)(H,24,25);5H,1-3H3. The van der Waals surface area contributed by atoms with Crippen LogP contribution in [0, 0.1) is 17.3 Å². The zero-order valence-electron chi connectivity index (χ0n) is 20.8. The predicted octanol–water partition coefficient (Wildman–Crippen LogP) is 2.49. The Balaban J connectivity index is 0.000000981. The van der Waals surface area contributed by atoms with Gasteiger partial charge in [-0.05, 0) is 68.9 Å². The Morgan fingerprint density at radius 1 is 1.09 bits per heavy atom. The van der Waals surface area contributed by atoms with Crippen molar-refractivity contribution in [1.82, 2.24) is 10.8 Å². The lowest BCUT2D eigenvalue weighted by Crippen LogP contribution is -2.53. The van der Waals surface area contributed by atoms with E-state index in [-0.39, 0.29) is 18.2 Å². The van der Waals surface area contributed by atoms with Crippen molar-refractivity contribution in [1.29, 1.82) is 0 Å². The molecule has 8 heteroatoms. The van der Waals surface area contributed by atoms with Crippen molar-refractivity contribution in [2.75, 3.05) is 0 Å². The van der Waals surface area contributed by atoms with Crippen molar-refractivity contribution in [2.24, 2.45) is 23.0 Å². The molecule has 1 aromatic rings. The second kappa shape index (κ2) is 12.1. The monoisotopic (exact) mass is 463 g/mol. The fourth-order valence-corrected chi connectivity index (χ4v) is 3.90. The number of nitrogens with one attached hydrogen (secondary N) is 2. The van der Waals surface area contributed by atoms with Crippen molar-refractivity contribution in [3.05, 3.63) is 35.4 Å². The lowest BCUT2D eigenvalue weighted by molar-refractivity contribution is -0.137. The van der Waals surface area contributed by atoms with E-state index < -0.39 is 34.8 Å². The number of hydrogen-bond acceptors (Lipinski definition) is 5. The summed E-state index contributed by atoms with van der Waals surface area (Å²) in [5, 5.41) is 20.1. The summed E-state index contributed by atoms with van der Waals surface area (Å²) in [7, 11) is 0. The van der Waals surface area contributed by atoms with Gasteiger partial charge >= 0.3 is 0 Å². The van der Waals surface area contributed by atoms with Crippen LogP contribution in [0.4, 0.5) is 0 Å². The average Bonchev–Trinajstić information content (AvgIpc) is 2.68. The highest BCUT2D eigenvalue weighted by molar-refractivity contribution is 5.90. The topological polar surface area (TPSA) is 142 Å². The Bertz CT molecular complexity index is 805. The van der Waals surface area contributed by atoms with Gasteiger partial charge in [0.15, 0.2) is 0 Å². The number of benzene rings is 1. The van der Waals surface area contributed by atoms with Crippen LogP contribution in [0.1, 0.15) is 71.9 Å². The molecule has 1 aliphatic rings. The van der Waals surface area contributed by atoms with Gasteiger partial charge in [0.1, 0.15) is 6.04 Å². The molecule has 0 bridgehead atoms. The van der Waals surface area contributed by atoms with E-state index in [2.05, 4.69) is 17.4 Å². The van der Waals surface area contributed by atoms with E-state index in [0.29, 0.717) is 6.42 Å². The summed E-state index contributed by atoms with van der Waals surface area (Å²) in [4.78, 5) is 36.4. The van der Waals surface area contributed by atoms with Crippen LogP contribution in [0.25, 0.3) is 0 Å². The van der Waals surface area contributed by atoms with Gasteiger partial charge < -0.3 is 16.2 Å². The van der Waals surface area contributed by atoms with Gasteiger partial charge in [0.25, 0.3) is 0 Å². The number of carbonyl (C=O) groups excluding carboxylic acids is 3. The van der Waals surface area contributed by atoms with Crippen molar-refractivity contribution in [3.63, 3.8) is 0 Å². The van der Waals surface area contributed by atoms with Gasteiger partial charge in [-0.1, -0.05) is 45.0 Å². The van der Waals surface area contributed by atoms with E-state index in [9.17, 15) is 14.4 Å². The summed E-state index contributed by atoms with van der Waals surface area (Å²) in [5.41, 5.74) is 8.62. The van der Waals surface area contributed by atoms with Gasteiger partial charge in [-0.3, -0.25) is 19.6 Å². The quantitative estimate of drug-likeness (QED) is 0.312. The number of hydrogen-bond donors (Lipinski definition) is 5. The number of amides is 3. The van der Waals surface area contributed by atoms with Crippen molar-refractivity contribution < 1.29 is 24.7 Å². The second-order valence-corrected chi connectivity index (χ2v) is 10.9. The number of primary amides is 1. The number of fused-ring (bicyclic) bond motifs is 1. The summed E-state index contributed by atoms with van der Waals surface area (Å²) in [6.45, 7) is 10.7. The van der Waals surface area contributed by atoms with Gasteiger partial charge in [0.2, 0.25) is 17.7 Å². The first kappa shape index (κ1) is 28.6. The maximum atomic E-state index is 12.9. The molecule has 0 saturated carbocycles. The highest BCUT2D eigenvalue weighted by Crippen LogP contribution is 2.31. The number of hydroxylamine groups is 1. The van der Waals surface area contributed by atoms with Crippen LogP contribution >= 0.6 is 0 Å². The minimum atomic E-state index is -0.841. The van der Waals surface area contributed by atoms with Crippen LogP contribution in [0.3, 0.4) is 0 Å². The summed E-state index contributed by atoms with van der Waals surface area (Å²) in [6.07, 6.45) is 3.08. The average molecular weight is 464 g/mol. The van der Waals surface area contributed by atoms with Crippen molar-refractivity contribution >= 4 is 17.7 Å². The molecule has 3 amide bonds. The van der Waals surface area contributed by atoms with Crippen LogP contribution < -0.4 is 16.5 Å². The Labute approximate surface area is 197 Å². The molecule has 0 aromatic heterocycles. The fourth-order valence-electron chi connectivity index (χ4n) is 3.90. The molecular weight excluding hydrogens is 422 g/mol. The molecule has 0 spiro atoms. The molecule has 6 N–H and O–H groups in total. The number of aliphatic hydroxyl groups is 1. The highest BCUT2D eigenvalue weighted by atomic mass is 16.5. The van der Waals surface area contributed by atoms with Gasteiger partial charge in [-0.25, -0.2) is 5.48 Å². The minimum Gasteiger partial charge on any atom is -0.391 e. The molecular formula is C25H41N3O5. The predicted molar refractivity (Wildman–Crippen MR) is 127 cm³/mol. The molecule has 33 heavy (non-hydrogen) atoms. The third-order valence-corrected chi connectivity index (χ3v) is 5.43. The minimum absolute atomic E-state index is 0.143. The number of nitrogens with two attached hydrogens (primary N) is 1. The van der Waals surface area contributed by atoms with Crippen LogP contribution in [-0.2, 0) is 27.2 Å². The zero-order valence-corrected chi connectivity index (χ0v) is 20.8. The molecule has 0 heterocycles. The lowest BCUT2D eigenvalue weighted by atomic mass is 9.78. The number of rotatable bonds is 7. The first-order valence-electron chi connectivity index (χ1n) is 11.4. The Morgan fingerprint density at radius 3 is 2.12 bits per heavy atom. The molecule has 2 rings (SSSR count). The molecule has 3 unspecified atom stereocenters. The van der Waals surface area contributed by atoms with Crippen LogP contribution in [0.5, 0.6) is 0 Å².